The molecule has 1 aliphatic rings. The first-order chi connectivity index (χ1) is 13.0. The van der Waals surface area contributed by atoms with E-state index in [-0.39, 0.29) is 5.91 Å². The molecule has 0 unspecified atom stereocenters. The molecule has 0 aliphatic carbocycles. The van der Waals surface area contributed by atoms with E-state index in [0.29, 0.717) is 17.1 Å². The van der Waals surface area contributed by atoms with Crippen LogP contribution in [-0.4, -0.2) is 10.9 Å². The number of nitrogens with zero attached hydrogens (tertiary/aromatic N) is 2. The molecule has 0 bridgehead atoms. The lowest BCUT2D eigenvalue weighted by molar-refractivity contribution is 0.0993. The van der Waals surface area contributed by atoms with Crippen molar-refractivity contribution in [3.8, 4) is 0 Å². The zero-order valence-electron chi connectivity index (χ0n) is 15.1. The molecular weight excluding hydrogens is 356 g/mol. The lowest BCUT2D eigenvalue weighted by Gasteiger charge is -2.18. The molecule has 132 valence electrons. The first-order valence-electron chi connectivity index (χ1n) is 8.93. The molecule has 3 nitrogen and oxygen atoms in total. The molecule has 5 rings (SSSR count). The summed E-state index contributed by atoms with van der Waals surface area (Å²) in [7, 11) is 0. The van der Waals surface area contributed by atoms with E-state index in [4.69, 9.17) is 16.6 Å². The van der Waals surface area contributed by atoms with Crippen LogP contribution in [0.2, 0.25) is 5.02 Å². The van der Waals surface area contributed by atoms with Gasteiger partial charge in [-0.3, -0.25) is 4.79 Å². The molecule has 1 aromatic heterocycles. The van der Waals surface area contributed by atoms with Gasteiger partial charge in [-0.15, -0.1) is 0 Å². The minimum Gasteiger partial charge on any atom is -0.303 e. The monoisotopic (exact) mass is 372 g/mol. The van der Waals surface area contributed by atoms with Crippen molar-refractivity contribution in [2.24, 2.45) is 0 Å². The Kier molecular flexibility index (Phi) is 3.49. The van der Waals surface area contributed by atoms with Gasteiger partial charge in [0.25, 0.3) is 5.91 Å². The van der Waals surface area contributed by atoms with E-state index in [1.54, 1.807) is 0 Å². The van der Waals surface area contributed by atoms with Gasteiger partial charge in [-0.05, 0) is 54.8 Å². The molecule has 0 saturated heterocycles. The van der Waals surface area contributed by atoms with Crippen LogP contribution in [0.4, 0.5) is 5.69 Å². The summed E-state index contributed by atoms with van der Waals surface area (Å²) in [4.78, 5) is 20.2. The smallest absolute Gasteiger partial charge is 0.260 e. The topological polar surface area (TPSA) is 33.2 Å². The molecule has 27 heavy (non-hydrogen) atoms. The van der Waals surface area contributed by atoms with Crippen LogP contribution in [0, 0.1) is 13.8 Å². The number of anilines is 1. The van der Waals surface area contributed by atoms with E-state index in [1.165, 1.54) is 0 Å². The number of pyridine rings is 1. The Balaban J connectivity index is 1.84. The summed E-state index contributed by atoms with van der Waals surface area (Å²) in [6.07, 6.45) is 0. The number of carbonyl (C=O) groups is 1. The molecule has 1 amide bonds. The van der Waals surface area contributed by atoms with Crippen molar-refractivity contribution < 1.29 is 4.79 Å². The van der Waals surface area contributed by atoms with Gasteiger partial charge in [-0.25, -0.2) is 4.98 Å². The number of amides is 1. The van der Waals surface area contributed by atoms with Crippen LogP contribution >= 0.6 is 11.6 Å². The second kappa shape index (κ2) is 5.80. The fraction of sp³-hybridized carbons (Fsp3) is 0.130. The number of aryl methyl sites for hydroxylation is 2. The highest BCUT2D eigenvalue weighted by Gasteiger charge is 2.33. The molecule has 0 fully saturated rings. The van der Waals surface area contributed by atoms with E-state index in [0.717, 1.165) is 44.2 Å². The first kappa shape index (κ1) is 16.3. The van der Waals surface area contributed by atoms with Gasteiger partial charge in [-0.2, -0.15) is 0 Å². The number of hydrogen-bond acceptors (Lipinski definition) is 2. The maximum absolute atomic E-state index is 13.5. The Labute approximate surface area is 162 Å². The highest BCUT2D eigenvalue weighted by molar-refractivity contribution is 6.34. The average Bonchev–Trinajstić information content (AvgIpc) is 2.94. The molecule has 3 aromatic carbocycles. The van der Waals surface area contributed by atoms with E-state index in [2.05, 4.69) is 19.9 Å². The molecule has 0 spiro atoms. The highest BCUT2D eigenvalue weighted by atomic mass is 35.5. The van der Waals surface area contributed by atoms with Crippen molar-refractivity contribution in [3.63, 3.8) is 0 Å². The van der Waals surface area contributed by atoms with Gasteiger partial charge in [0.1, 0.15) is 0 Å². The number of aromatic nitrogens is 1. The largest absolute Gasteiger partial charge is 0.303 e. The minimum atomic E-state index is 0.0125. The van der Waals surface area contributed by atoms with Crippen LogP contribution in [0.25, 0.3) is 21.8 Å². The van der Waals surface area contributed by atoms with Crippen LogP contribution in [0.5, 0.6) is 0 Å². The van der Waals surface area contributed by atoms with Crippen LogP contribution in [0.3, 0.4) is 0 Å². The maximum atomic E-state index is 13.5. The van der Waals surface area contributed by atoms with Gasteiger partial charge in [0, 0.05) is 15.8 Å². The van der Waals surface area contributed by atoms with Crippen molar-refractivity contribution in [2.45, 2.75) is 20.4 Å². The lowest BCUT2D eigenvalue weighted by Crippen LogP contribution is -2.26. The van der Waals surface area contributed by atoms with E-state index in [1.807, 2.05) is 53.4 Å². The van der Waals surface area contributed by atoms with Crippen LogP contribution < -0.4 is 4.90 Å². The fourth-order valence-corrected chi connectivity index (χ4v) is 4.10. The predicted octanol–water partition coefficient (Wildman–Crippen LogP) is 5.82. The standard InChI is InChI=1S/C23H17ClN2O/c1-13-10-19-21-20(23(27)26(19)12-15-6-4-3-5-7-15)17-11-16(24)8-9-18(17)25-22(21)14(13)2/h3-11H,12H2,1-2H3. The third-order valence-electron chi connectivity index (χ3n) is 5.44. The Morgan fingerprint density at radius 2 is 1.81 bits per heavy atom. The summed E-state index contributed by atoms with van der Waals surface area (Å²) >= 11 is 6.23. The number of hydrogen-bond donors (Lipinski definition) is 0. The van der Waals surface area contributed by atoms with Crippen LogP contribution in [-0.2, 0) is 6.54 Å². The second-order valence-electron chi connectivity index (χ2n) is 7.09. The predicted molar refractivity (Wildman–Crippen MR) is 111 cm³/mol. The molecule has 0 N–H and O–H groups in total. The third kappa shape index (κ3) is 2.35. The summed E-state index contributed by atoms with van der Waals surface area (Å²) in [5, 5.41) is 2.37. The molecule has 1 aliphatic heterocycles. The second-order valence-corrected chi connectivity index (χ2v) is 7.52. The summed E-state index contributed by atoms with van der Waals surface area (Å²) in [6.45, 7) is 4.67. The van der Waals surface area contributed by atoms with Gasteiger partial charge in [0.2, 0.25) is 0 Å². The highest BCUT2D eigenvalue weighted by Crippen LogP contribution is 2.43. The fourth-order valence-electron chi connectivity index (χ4n) is 3.93. The maximum Gasteiger partial charge on any atom is 0.260 e. The van der Waals surface area contributed by atoms with Gasteiger partial charge >= 0.3 is 0 Å². The quantitative estimate of drug-likeness (QED) is 0.415. The zero-order valence-corrected chi connectivity index (χ0v) is 15.8. The van der Waals surface area contributed by atoms with Crippen molar-refractivity contribution in [2.75, 3.05) is 4.90 Å². The van der Waals surface area contributed by atoms with Gasteiger partial charge in [-0.1, -0.05) is 41.9 Å². The summed E-state index contributed by atoms with van der Waals surface area (Å²) < 4.78 is 0. The normalized spacial score (nSPS) is 13.1. The third-order valence-corrected chi connectivity index (χ3v) is 5.67. The van der Waals surface area contributed by atoms with Crippen LogP contribution in [0.1, 0.15) is 27.0 Å². The van der Waals surface area contributed by atoms with Gasteiger partial charge < -0.3 is 4.90 Å². The zero-order chi connectivity index (χ0) is 18.7. The molecule has 4 heteroatoms. The molecule has 2 heterocycles. The number of carbonyl (C=O) groups excluding carboxylic acids is 1. The van der Waals surface area contributed by atoms with E-state index >= 15 is 0 Å². The minimum absolute atomic E-state index is 0.0125. The number of benzene rings is 3. The van der Waals surface area contributed by atoms with Crippen molar-refractivity contribution >= 4 is 45.0 Å². The van der Waals surface area contributed by atoms with E-state index < -0.39 is 0 Å². The Morgan fingerprint density at radius 3 is 2.59 bits per heavy atom. The average molecular weight is 373 g/mol. The molecule has 0 radical (unpaired) electrons. The number of halogens is 1. The van der Waals surface area contributed by atoms with Gasteiger partial charge in [0.05, 0.1) is 28.8 Å². The molecule has 4 aromatic rings. The van der Waals surface area contributed by atoms with Crippen molar-refractivity contribution in [1.29, 1.82) is 0 Å². The lowest BCUT2D eigenvalue weighted by atomic mass is 9.99. The SMILES string of the molecule is Cc1cc2c3c(c4cc(Cl)ccc4nc3c1C)C(=O)N2Cc1ccccc1. The Bertz CT molecular complexity index is 1250. The van der Waals surface area contributed by atoms with Crippen LogP contribution in [0.15, 0.2) is 54.6 Å². The Morgan fingerprint density at radius 1 is 1.04 bits per heavy atom. The summed E-state index contributed by atoms with van der Waals surface area (Å²) in [6, 6.07) is 17.7. The van der Waals surface area contributed by atoms with Gasteiger partial charge in [0.15, 0.2) is 0 Å². The Hall–Kier alpha value is -2.91. The summed E-state index contributed by atoms with van der Waals surface area (Å²) in [5.74, 6) is 0.0125. The van der Waals surface area contributed by atoms with Crippen molar-refractivity contribution in [3.05, 3.63) is 81.9 Å². The first-order valence-corrected chi connectivity index (χ1v) is 9.31. The number of fused-ring (bicyclic) bond motifs is 2. The van der Waals surface area contributed by atoms with Crippen molar-refractivity contribution in [1.82, 2.24) is 4.98 Å². The molecular formula is C23H17ClN2O. The van der Waals surface area contributed by atoms with E-state index in [9.17, 15) is 4.79 Å². The molecule has 0 atom stereocenters. The number of rotatable bonds is 2. The molecule has 0 saturated carbocycles. The summed E-state index contributed by atoms with van der Waals surface area (Å²) in [5.41, 5.74) is 6.70.